The van der Waals surface area contributed by atoms with Gasteiger partial charge in [0.25, 0.3) is 0 Å². The highest BCUT2D eigenvalue weighted by Gasteiger charge is 2.02. The molecule has 80 valence electrons. The summed E-state index contributed by atoms with van der Waals surface area (Å²) >= 11 is 0. The molecule has 1 unspecified atom stereocenters. The topological polar surface area (TPSA) is 18.5 Å². The summed E-state index contributed by atoms with van der Waals surface area (Å²) in [6.45, 7) is 4.34. The third-order valence-corrected chi connectivity index (χ3v) is 8.37. The van der Waals surface area contributed by atoms with Crippen molar-refractivity contribution in [2.45, 2.75) is 13.1 Å². The summed E-state index contributed by atoms with van der Waals surface area (Å²) in [6.07, 6.45) is 0. The van der Waals surface area contributed by atoms with Crippen LogP contribution in [0.2, 0.25) is 13.1 Å². The van der Waals surface area contributed by atoms with E-state index in [1.54, 1.807) is 0 Å². The van der Waals surface area contributed by atoms with Gasteiger partial charge in [-0.25, -0.2) is 0 Å². The number of benzene rings is 1. The van der Waals surface area contributed by atoms with Crippen LogP contribution in [0.4, 0.5) is 0 Å². The molecule has 0 aliphatic rings. The molecular weight excluding hydrogens is 240 g/mol. The van der Waals surface area contributed by atoms with Crippen molar-refractivity contribution in [1.82, 2.24) is 0 Å². The third kappa shape index (κ3) is 6.46. The molecule has 0 spiro atoms. The van der Waals surface area contributed by atoms with Crippen LogP contribution in [0.3, 0.4) is 0 Å². The zero-order chi connectivity index (χ0) is 10.8. The Morgan fingerprint density at radius 3 is 2.07 bits per heavy atom. The van der Waals surface area contributed by atoms with Crippen LogP contribution in [-0.4, -0.2) is 39.8 Å². The summed E-state index contributed by atoms with van der Waals surface area (Å²) in [5, 5.41) is 1.40. The standard InChI is InChI=1S/C7H12OSi2.CH8OSi2/c1-10(8-9)7-5-3-2-4-6-7;1-4-2-3/h2-6,10H,1,9H3;4H2,1,3H3. The molecule has 0 aliphatic carbocycles. The Bertz CT molecular complexity index is 218. The molecular formula is C8H20O2Si4. The van der Waals surface area contributed by atoms with E-state index < -0.39 is 9.04 Å². The van der Waals surface area contributed by atoms with Crippen molar-refractivity contribution in [3.63, 3.8) is 0 Å². The Kier molecular flexibility index (Phi) is 9.56. The number of hydrogen-bond donors (Lipinski definition) is 0. The molecule has 1 rings (SSSR count). The van der Waals surface area contributed by atoms with Gasteiger partial charge in [-0.3, -0.25) is 0 Å². The Morgan fingerprint density at radius 1 is 1.21 bits per heavy atom. The summed E-state index contributed by atoms with van der Waals surface area (Å²) in [5.41, 5.74) is 0. The highest BCUT2D eigenvalue weighted by molar-refractivity contribution is 6.68. The second-order valence-electron chi connectivity index (χ2n) is 2.87. The predicted molar refractivity (Wildman–Crippen MR) is 75.5 cm³/mol. The first-order valence-corrected chi connectivity index (χ1v) is 10.7. The van der Waals surface area contributed by atoms with E-state index in [1.807, 2.05) is 6.07 Å². The van der Waals surface area contributed by atoms with E-state index >= 15 is 0 Å². The van der Waals surface area contributed by atoms with Crippen LogP contribution in [-0.2, 0) is 8.23 Å². The van der Waals surface area contributed by atoms with Gasteiger partial charge in [-0.15, -0.1) is 0 Å². The van der Waals surface area contributed by atoms with Crippen LogP contribution in [0.25, 0.3) is 0 Å². The molecule has 0 heterocycles. The number of rotatable bonds is 3. The molecule has 0 aromatic heterocycles. The van der Waals surface area contributed by atoms with E-state index in [0.717, 1.165) is 21.0 Å². The Labute approximate surface area is 96.8 Å². The van der Waals surface area contributed by atoms with Crippen LogP contribution < -0.4 is 5.19 Å². The molecule has 14 heavy (non-hydrogen) atoms. The maximum Gasteiger partial charge on any atom is 0.191 e. The van der Waals surface area contributed by atoms with Gasteiger partial charge in [0.1, 0.15) is 30.7 Å². The fourth-order valence-corrected chi connectivity index (χ4v) is 2.71. The summed E-state index contributed by atoms with van der Waals surface area (Å²) in [7, 11) is 0.829. The lowest BCUT2D eigenvalue weighted by Crippen LogP contribution is -2.28. The van der Waals surface area contributed by atoms with Gasteiger partial charge in [0.15, 0.2) is 9.04 Å². The van der Waals surface area contributed by atoms with Gasteiger partial charge >= 0.3 is 0 Å². The Hall–Kier alpha value is 0.00753. The molecule has 6 heteroatoms. The van der Waals surface area contributed by atoms with E-state index in [1.165, 1.54) is 5.19 Å². The first-order valence-electron chi connectivity index (χ1n) is 4.82. The number of hydrogen-bond acceptors (Lipinski definition) is 2. The minimum Gasteiger partial charge on any atom is -0.468 e. The second kappa shape index (κ2) is 9.56. The molecule has 0 saturated heterocycles. The van der Waals surface area contributed by atoms with Crippen molar-refractivity contribution >= 4 is 45.0 Å². The van der Waals surface area contributed by atoms with E-state index in [9.17, 15) is 0 Å². The summed E-state index contributed by atoms with van der Waals surface area (Å²) < 4.78 is 10.2. The van der Waals surface area contributed by atoms with Crippen LogP contribution in [0.5, 0.6) is 0 Å². The quantitative estimate of drug-likeness (QED) is 0.583. The highest BCUT2D eigenvalue weighted by atomic mass is 28.3. The smallest absolute Gasteiger partial charge is 0.191 e. The minimum absolute atomic E-state index is 0.0139. The molecule has 1 atom stereocenters. The Balaban J connectivity index is 0.000000364. The van der Waals surface area contributed by atoms with Gasteiger partial charge in [-0.05, 0) is 11.7 Å². The van der Waals surface area contributed by atoms with E-state index in [4.69, 9.17) is 8.23 Å². The Morgan fingerprint density at radius 2 is 1.71 bits per heavy atom. The van der Waals surface area contributed by atoms with Crippen molar-refractivity contribution in [1.29, 1.82) is 0 Å². The van der Waals surface area contributed by atoms with Gasteiger partial charge in [0.05, 0.1) is 0 Å². The van der Waals surface area contributed by atoms with Crippen LogP contribution in [0.15, 0.2) is 30.3 Å². The maximum atomic E-state index is 5.41. The van der Waals surface area contributed by atoms with Crippen LogP contribution in [0, 0.1) is 0 Å². The molecule has 0 N–H and O–H groups in total. The third-order valence-electron chi connectivity index (χ3n) is 1.91. The minimum atomic E-state index is -0.978. The van der Waals surface area contributed by atoms with E-state index in [0.29, 0.717) is 0 Å². The fourth-order valence-electron chi connectivity index (χ4n) is 0.860. The molecule has 2 nitrogen and oxygen atoms in total. The van der Waals surface area contributed by atoms with Gasteiger partial charge in [0.2, 0.25) is 0 Å². The molecule has 0 saturated carbocycles. The molecule has 0 fully saturated rings. The van der Waals surface area contributed by atoms with Gasteiger partial charge in [-0.2, -0.15) is 0 Å². The monoisotopic (exact) mass is 260 g/mol. The van der Waals surface area contributed by atoms with Gasteiger partial charge < -0.3 is 8.23 Å². The molecule has 0 bridgehead atoms. The first-order chi connectivity index (χ1) is 6.76. The van der Waals surface area contributed by atoms with Crippen molar-refractivity contribution in [3.8, 4) is 0 Å². The van der Waals surface area contributed by atoms with Crippen molar-refractivity contribution in [2.24, 2.45) is 0 Å². The van der Waals surface area contributed by atoms with Crippen LogP contribution >= 0.6 is 0 Å². The molecule has 0 aliphatic heterocycles. The van der Waals surface area contributed by atoms with Crippen molar-refractivity contribution < 1.29 is 8.23 Å². The summed E-state index contributed by atoms with van der Waals surface area (Å²) in [4.78, 5) is 0. The normalized spacial score (nSPS) is 12.7. The second-order valence-corrected chi connectivity index (χ2v) is 9.59. The lowest BCUT2D eigenvalue weighted by atomic mass is 10.4. The predicted octanol–water partition coefficient (Wildman–Crippen LogP) is -2.04. The summed E-state index contributed by atoms with van der Waals surface area (Å²) in [5.74, 6) is 0. The van der Waals surface area contributed by atoms with E-state index in [-0.39, 0.29) is 9.76 Å². The van der Waals surface area contributed by atoms with Gasteiger partial charge in [0, 0.05) is 0 Å². The molecule has 1 aromatic carbocycles. The van der Waals surface area contributed by atoms with Crippen LogP contribution in [0.1, 0.15) is 0 Å². The lowest BCUT2D eigenvalue weighted by molar-refractivity contribution is 0.654. The largest absolute Gasteiger partial charge is 0.468 e. The lowest BCUT2D eigenvalue weighted by Gasteiger charge is -2.06. The zero-order valence-corrected chi connectivity index (χ0v) is 16.1. The zero-order valence-electron chi connectivity index (χ0n) is 9.49. The highest BCUT2D eigenvalue weighted by Crippen LogP contribution is 1.87. The molecule has 0 radical (unpaired) electrons. The molecule has 0 amide bonds. The molecule has 1 aromatic rings. The summed E-state index contributed by atoms with van der Waals surface area (Å²) in [6, 6.07) is 10.5. The van der Waals surface area contributed by atoms with Crippen molar-refractivity contribution in [3.05, 3.63) is 30.3 Å². The van der Waals surface area contributed by atoms with Crippen molar-refractivity contribution in [2.75, 3.05) is 0 Å². The average Bonchev–Trinajstić information content (AvgIpc) is 2.29. The fraction of sp³-hybridized carbons (Fsp3) is 0.250. The SMILES string of the molecule is C[SiH2]O[SiH3].C[SiH](O[SiH3])c1ccccc1. The average molecular weight is 261 g/mol. The maximum absolute atomic E-state index is 5.41. The van der Waals surface area contributed by atoms with Gasteiger partial charge in [-0.1, -0.05) is 36.9 Å². The first kappa shape index (κ1) is 14.0. The van der Waals surface area contributed by atoms with E-state index in [2.05, 4.69) is 37.4 Å².